The maximum Gasteiger partial charge on any atom is 0.243 e. The van der Waals surface area contributed by atoms with Gasteiger partial charge in [0.2, 0.25) is 5.91 Å². The number of benzene rings is 1. The number of hydrogen-bond acceptors (Lipinski definition) is 4. The fourth-order valence-electron chi connectivity index (χ4n) is 3.75. The summed E-state index contributed by atoms with van der Waals surface area (Å²) in [6.45, 7) is 8.65. The number of likely N-dealkylation sites (N-methyl/N-ethyl adjacent to an activating group) is 1. The molecule has 0 saturated carbocycles. The standard InChI is InChI=1S/C22H35N5O2.HI/c1-18-6-4-7-19(14-18)17-26-9-11-27(12-10-26)22(24-16-21(28)25(2)3)23-15-20-8-5-13-29-20;/h4,6-7,14,20H,5,8-13,15-17H2,1-3H3,(H,23,24);1H. The highest BCUT2D eigenvalue weighted by atomic mass is 127. The lowest BCUT2D eigenvalue weighted by Crippen LogP contribution is -2.53. The third kappa shape index (κ3) is 7.70. The molecule has 3 rings (SSSR count). The fourth-order valence-corrected chi connectivity index (χ4v) is 3.75. The van der Waals surface area contributed by atoms with Crippen LogP contribution in [0.2, 0.25) is 0 Å². The molecule has 8 heteroatoms. The summed E-state index contributed by atoms with van der Waals surface area (Å²) in [6.07, 6.45) is 2.45. The second kappa shape index (κ2) is 12.5. The zero-order valence-corrected chi connectivity index (χ0v) is 20.8. The van der Waals surface area contributed by atoms with E-state index in [0.717, 1.165) is 64.7 Å². The summed E-state index contributed by atoms with van der Waals surface area (Å²) in [6, 6.07) is 8.72. The molecule has 2 heterocycles. The van der Waals surface area contributed by atoms with E-state index < -0.39 is 0 Å². The first-order valence-electron chi connectivity index (χ1n) is 10.6. The second-order valence-corrected chi connectivity index (χ2v) is 8.20. The van der Waals surface area contributed by atoms with E-state index in [0.29, 0.717) is 0 Å². The highest BCUT2D eigenvalue weighted by Gasteiger charge is 2.22. The molecule has 1 aromatic rings. The summed E-state index contributed by atoms with van der Waals surface area (Å²) < 4.78 is 5.73. The van der Waals surface area contributed by atoms with E-state index in [2.05, 4.69) is 51.3 Å². The van der Waals surface area contributed by atoms with E-state index in [4.69, 9.17) is 4.74 Å². The Balaban J connectivity index is 0.00000320. The number of rotatable bonds is 6. The highest BCUT2D eigenvalue weighted by molar-refractivity contribution is 14.0. The van der Waals surface area contributed by atoms with Gasteiger partial charge in [-0.2, -0.15) is 0 Å². The molecule has 0 aromatic heterocycles. The summed E-state index contributed by atoms with van der Waals surface area (Å²) >= 11 is 0. The number of amides is 1. The Morgan fingerprint density at radius 3 is 2.67 bits per heavy atom. The summed E-state index contributed by atoms with van der Waals surface area (Å²) in [4.78, 5) is 23.0. The molecule has 0 radical (unpaired) electrons. The molecule has 1 aromatic carbocycles. The third-order valence-electron chi connectivity index (χ3n) is 5.54. The van der Waals surface area contributed by atoms with Crippen molar-refractivity contribution >= 4 is 35.8 Å². The molecule has 1 N–H and O–H groups in total. The van der Waals surface area contributed by atoms with E-state index in [1.54, 1.807) is 19.0 Å². The normalized spacial score (nSPS) is 20.0. The molecule has 0 bridgehead atoms. The van der Waals surface area contributed by atoms with Crippen LogP contribution in [0.4, 0.5) is 0 Å². The van der Waals surface area contributed by atoms with Crippen molar-refractivity contribution in [3.63, 3.8) is 0 Å². The van der Waals surface area contributed by atoms with Gasteiger partial charge in [0.1, 0.15) is 6.54 Å². The van der Waals surface area contributed by atoms with Crippen LogP contribution in [0.3, 0.4) is 0 Å². The minimum absolute atomic E-state index is 0. The van der Waals surface area contributed by atoms with E-state index >= 15 is 0 Å². The van der Waals surface area contributed by atoms with Crippen molar-refractivity contribution in [1.82, 2.24) is 20.0 Å². The lowest BCUT2D eigenvalue weighted by atomic mass is 10.1. The van der Waals surface area contributed by atoms with Crippen molar-refractivity contribution in [1.29, 1.82) is 0 Å². The maximum absolute atomic E-state index is 12.0. The van der Waals surface area contributed by atoms with Crippen LogP contribution in [-0.2, 0) is 16.1 Å². The summed E-state index contributed by atoms with van der Waals surface area (Å²) in [7, 11) is 3.53. The number of aliphatic imine (C=N–C) groups is 1. The van der Waals surface area contributed by atoms with Crippen LogP contribution in [0.25, 0.3) is 0 Å². The van der Waals surface area contributed by atoms with Gasteiger partial charge >= 0.3 is 0 Å². The number of halogens is 1. The third-order valence-corrected chi connectivity index (χ3v) is 5.54. The van der Waals surface area contributed by atoms with Crippen molar-refractivity contribution in [2.75, 3.05) is 60.0 Å². The average molecular weight is 529 g/mol. The Kier molecular flexibility index (Phi) is 10.3. The lowest BCUT2D eigenvalue weighted by molar-refractivity contribution is -0.127. The minimum Gasteiger partial charge on any atom is -0.376 e. The van der Waals surface area contributed by atoms with Crippen molar-refractivity contribution in [3.8, 4) is 0 Å². The predicted molar refractivity (Wildman–Crippen MR) is 131 cm³/mol. The number of carbonyl (C=O) groups excluding carboxylic acids is 1. The summed E-state index contributed by atoms with van der Waals surface area (Å²) in [5, 5.41) is 3.46. The van der Waals surface area contributed by atoms with Gasteiger partial charge in [0.25, 0.3) is 0 Å². The van der Waals surface area contributed by atoms with Crippen molar-refractivity contribution < 1.29 is 9.53 Å². The van der Waals surface area contributed by atoms with Crippen LogP contribution in [0.1, 0.15) is 24.0 Å². The zero-order chi connectivity index (χ0) is 20.6. The molecule has 2 aliphatic rings. The number of carbonyl (C=O) groups is 1. The van der Waals surface area contributed by atoms with E-state index in [-0.39, 0.29) is 42.5 Å². The molecule has 1 unspecified atom stereocenters. The molecular formula is C22H36IN5O2. The van der Waals surface area contributed by atoms with Crippen molar-refractivity contribution in [2.24, 2.45) is 4.99 Å². The maximum atomic E-state index is 12.0. The molecule has 1 atom stereocenters. The Labute approximate surface area is 197 Å². The van der Waals surface area contributed by atoms with E-state index in [1.165, 1.54) is 11.1 Å². The second-order valence-electron chi connectivity index (χ2n) is 8.20. The van der Waals surface area contributed by atoms with Gasteiger partial charge in [0.05, 0.1) is 6.10 Å². The molecule has 2 fully saturated rings. The van der Waals surface area contributed by atoms with Crippen LogP contribution >= 0.6 is 24.0 Å². The first-order chi connectivity index (χ1) is 14.0. The monoisotopic (exact) mass is 529 g/mol. The average Bonchev–Trinajstić information content (AvgIpc) is 3.22. The molecule has 168 valence electrons. The number of nitrogens with zero attached hydrogens (tertiary/aromatic N) is 4. The van der Waals surface area contributed by atoms with Crippen molar-refractivity contribution in [3.05, 3.63) is 35.4 Å². The topological polar surface area (TPSA) is 60.4 Å². The fraction of sp³-hybridized carbons (Fsp3) is 0.636. The quantitative estimate of drug-likeness (QED) is 0.347. The van der Waals surface area contributed by atoms with Crippen LogP contribution < -0.4 is 5.32 Å². The van der Waals surface area contributed by atoms with Gasteiger partial charge in [0, 0.05) is 60.0 Å². The molecule has 7 nitrogen and oxygen atoms in total. The molecular weight excluding hydrogens is 493 g/mol. The van der Waals surface area contributed by atoms with Gasteiger partial charge < -0.3 is 19.9 Å². The van der Waals surface area contributed by atoms with E-state index in [9.17, 15) is 4.79 Å². The smallest absolute Gasteiger partial charge is 0.243 e. The van der Waals surface area contributed by atoms with Crippen molar-refractivity contribution in [2.45, 2.75) is 32.4 Å². The molecule has 1 amide bonds. The van der Waals surface area contributed by atoms with Gasteiger partial charge in [-0.05, 0) is 25.3 Å². The molecule has 2 aliphatic heterocycles. The summed E-state index contributed by atoms with van der Waals surface area (Å²) in [5.41, 5.74) is 2.67. The number of hydrogen-bond donors (Lipinski definition) is 1. The van der Waals surface area contributed by atoms with Gasteiger partial charge in [-0.25, -0.2) is 4.99 Å². The van der Waals surface area contributed by atoms with Crippen LogP contribution in [0.15, 0.2) is 29.3 Å². The molecule has 0 spiro atoms. The molecule has 0 aliphatic carbocycles. The van der Waals surface area contributed by atoms with Crippen LogP contribution in [0.5, 0.6) is 0 Å². The highest BCUT2D eigenvalue weighted by Crippen LogP contribution is 2.12. The van der Waals surface area contributed by atoms with Gasteiger partial charge in [0.15, 0.2) is 5.96 Å². The van der Waals surface area contributed by atoms with Gasteiger partial charge in [-0.3, -0.25) is 9.69 Å². The van der Waals surface area contributed by atoms with E-state index in [1.807, 2.05) is 0 Å². The first-order valence-corrected chi connectivity index (χ1v) is 10.6. The number of guanidine groups is 1. The van der Waals surface area contributed by atoms with Crippen LogP contribution in [0, 0.1) is 6.92 Å². The Morgan fingerprint density at radius 1 is 1.27 bits per heavy atom. The predicted octanol–water partition coefficient (Wildman–Crippen LogP) is 1.94. The SMILES string of the molecule is Cc1cccc(CN2CCN(C(=NCC(=O)N(C)C)NCC3CCCO3)CC2)c1.I. The van der Waals surface area contributed by atoms with Crippen LogP contribution in [-0.4, -0.2) is 92.6 Å². The number of piperazine rings is 1. The lowest BCUT2D eigenvalue weighted by Gasteiger charge is -2.37. The molecule has 2 saturated heterocycles. The zero-order valence-electron chi connectivity index (χ0n) is 18.5. The number of nitrogens with one attached hydrogen (secondary N) is 1. The largest absolute Gasteiger partial charge is 0.376 e. The number of ether oxygens (including phenoxy) is 1. The van der Waals surface area contributed by atoms with Gasteiger partial charge in [-0.1, -0.05) is 29.8 Å². The first kappa shape index (κ1) is 24.9. The minimum atomic E-state index is 0. The Hall–Kier alpha value is -1.39. The molecule has 30 heavy (non-hydrogen) atoms. The summed E-state index contributed by atoms with van der Waals surface area (Å²) in [5.74, 6) is 0.838. The number of aryl methyl sites for hydroxylation is 1. The Bertz CT molecular complexity index is 699. The Morgan fingerprint density at radius 2 is 2.03 bits per heavy atom. The van der Waals surface area contributed by atoms with Gasteiger partial charge in [-0.15, -0.1) is 24.0 Å².